The summed E-state index contributed by atoms with van der Waals surface area (Å²) in [4.78, 5) is 1.45. The van der Waals surface area contributed by atoms with Crippen LogP contribution in [0.5, 0.6) is 0 Å². The maximum absolute atomic E-state index is 2.30. The van der Waals surface area contributed by atoms with E-state index >= 15 is 0 Å². The monoisotopic (exact) mass is 240 g/mol. The van der Waals surface area contributed by atoms with Crippen molar-refractivity contribution in [1.82, 2.24) is 0 Å². The quantitative estimate of drug-likeness (QED) is 0.687. The van der Waals surface area contributed by atoms with Crippen LogP contribution in [0.1, 0.15) is 36.0 Å². The van der Waals surface area contributed by atoms with Gasteiger partial charge in [0.15, 0.2) is 0 Å². The molecule has 0 saturated carbocycles. The van der Waals surface area contributed by atoms with E-state index in [0.717, 1.165) is 5.75 Å². The molecule has 2 aromatic carbocycles. The highest BCUT2D eigenvalue weighted by molar-refractivity contribution is 7.98. The van der Waals surface area contributed by atoms with Crippen molar-refractivity contribution in [2.45, 2.75) is 29.9 Å². The smallest absolute Gasteiger partial charge is 0.0235 e. The standard InChI is InChI=1S/C16H16S/c1-2-13-14-8-4-3-7-12(14)11-17-16-10-6-5-9-15(13)16/h3-10,13H,2,11H2,1H3. The molecule has 0 amide bonds. The summed E-state index contributed by atoms with van der Waals surface area (Å²) in [6, 6.07) is 17.8. The molecule has 1 atom stereocenters. The molecule has 1 aliphatic rings. The van der Waals surface area contributed by atoms with Gasteiger partial charge in [0.1, 0.15) is 0 Å². The minimum atomic E-state index is 0.567. The highest BCUT2D eigenvalue weighted by Crippen LogP contribution is 2.41. The van der Waals surface area contributed by atoms with Crippen molar-refractivity contribution in [1.29, 1.82) is 0 Å². The average Bonchev–Trinajstić information content (AvgIpc) is 2.55. The number of rotatable bonds is 1. The molecular weight excluding hydrogens is 224 g/mol. The second kappa shape index (κ2) is 4.58. The lowest BCUT2D eigenvalue weighted by molar-refractivity contribution is 0.759. The van der Waals surface area contributed by atoms with Crippen LogP contribution in [0.2, 0.25) is 0 Å². The van der Waals surface area contributed by atoms with Gasteiger partial charge < -0.3 is 0 Å². The van der Waals surface area contributed by atoms with Gasteiger partial charge in [0.05, 0.1) is 0 Å². The van der Waals surface area contributed by atoms with Gasteiger partial charge in [0.25, 0.3) is 0 Å². The average molecular weight is 240 g/mol. The first-order valence-electron chi connectivity index (χ1n) is 6.19. The van der Waals surface area contributed by atoms with Gasteiger partial charge in [-0.25, -0.2) is 0 Å². The fourth-order valence-electron chi connectivity index (χ4n) is 2.67. The van der Waals surface area contributed by atoms with E-state index in [2.05, 4.69) is 55.5 Å². The summed E-state index contributed by atoms with van der Waals surface area (Å²) in [5, 5.41) is 0. The predicted molar refractivity (Wildman–Crippen MR) is 74.6 cm³/mol. The molecule has 0 nitrogen and oxygen atoms in total. The fourth-order valence-corrected chi connectivity index (χ4v) is 3.79. The largest absolute Gasteiger partial charge is 0.121 e. The van der Waals surface area contributed by atoms with Crippen LogP contribution in [-0.2, 0) is 5.75 Å². The van der Waals surface area contributed by atoms with E-state index < -0.39 is 0 Å². The van der Waals surface area contributed by atoms with E-state index in [-0.39, 0.29) is 0 Å². The van der Waals surface area contributed by atoms with Crippen molar-refractivity contribution in [2.24, 2.45) is 0 Å². The van der Waals surface area contributed by atoms with Crippen LogP contribution in [0.15, 0.2) is 53.4 Å². The lowest BCUT2D eigenvalue weighted by atomic mass is 9.87. The Morgan fingerprint density at radius 2 is 1.71 bits per heavy atom. The number of fused-ring (bicyclic) bond motifs is 2. The molecule has 0 radical (unpaired) electrons. The zero-order valence-electron chi connectivity index (χ0n) is 10.0. The maximum Gasteiger partial charge on any atom is 0.0235 e. The van der Waals surface area contributed by atoms with E-state index in [1.165, 1.54) is 28.0 Å². The molecule has 0 aromatic heterocycles. The van der Waals surface area contributed by atoms with Crippen LogP contribution in [0.4, 0.5) is 0 Å². The van der Waals surface area contributed by atoms with Crippen LogP contribution in [0, 0.1) is 0 Å². The molecule has 0 N–H and O–H groups in total. The topological polar surface area (TPSA) is 0 Å². The Morgan fingerprint density at radius 1 is 1.00 bits per heavy atom. The van der Waals surface area contributed by atoms with E-state index in [4.69, 9.17) is 0 Å². The summed E-state index contributed by atoms with van der Waals surface area (Å²) in [5.74, 6) is 1.67. The first kappa shape index (κ1) is 10.9. The van der Waals surface area contributed by atoms with Crippen LogP contribution >= 0.6 is 11.8 Å². The van der Waals surface area contributed by atoms with Crippen molar-refractivity contribution < 1.29 is 0 Å². The Labute approximate surface area is 107 Å². The third kappa shape index (κ3) is 1.89. The van der Waals surface area contributed by atoms with Gasteiger partial charge in [-0.3, -0.25) is 0 Å². The summed E-state index contributed by atoms with van der Waals surface area (Å²) in [6.07, 6.45) is 1.18. The number of thioether (sulfide) groups is 1. The molecule has 86 valence electrons. The van der Waals surface area contributed by atoms with Gasteiger partial charge in [0.2, 0.25) is 0 Å². The Hall–Kier alpha value is -1.21. The summed E-state index contributed by atoms with van der Waals surface area (Å²) in [6.45, 7) is 2.29. The minimum absolute atomic E-state index is 0.567. The van der Waals surface area contributed by atoms with Crippen molar-refractivity contribution >= 4 is 11.8 Å². The molecule has 0 bridgehead atoms. The van der Waals surface area contributed by atoms with Gasteiger partial charge in [-0.15, -0.1) is 11.8 Å². The van der Waals surface area contributed by atoms with Crippen LogP contribution in [-0.4, -0.2) is 0 Å². The molecule has 3 rings (SSSR count). The van der Waals surface area contributed by atoms with Crippen LogP contribution in [0.25, 0.3) is 0 Å². The van der Waals surface area contributed by atoms with E-state index in [1.807, 2.05) is 11.8 Å². The fraction of sp³-hybridized carbons (Fsp3) is 0.250. The van der Waals surface area contributed by atoms with E-state index in [1.54, 1.807) is 0 Å². The lowest BCUT2D eigenvalue weighted by Gasteiger charge is -2.17. The second-order valence-corrected chi connectivity index (χ2v) is 5.50. The first-order valence-corrected chi connectivity index (χ1v) is 7.18. The Kier molecular flexibility index (Phi) is 2.94. The van der Waals surface area contributed by atoms with Crippen molar-refractivity contribution in [2.75, 3.05) is 0 Å². The summed E-state index contributed by atoms with van der Waals surface area (Å²) >= 11 is 1.97. The van der Waals surface area contributed by atoms with E-state index in [9.17, 15) is 0 Å². The minimum Gasteiger partial charge on any atom is -0.121 e. The molecule has 1 aliphatic heterocycles. The normalized spacial score (nSPS) is 18.1. The Bertz CT molecular complexity index is 483. The molecule has 0 saturated heterocycles. The van der Waals surface area contributed by atoms with Crippen LogP contribution < -0.4 is 0 Å². The molecule has 0 fully saturated rings. The Morgan fingerprint density at radius 3 is 2.53 bits per heavy atom. The van der Waals surface area contributed by atoms with E-state index in [0.29, 0.717) is 5.92 Å². The third-order valence-electron chi connectivity index (χ3n) is 3.52. The summed E-state index contributed by atoms with van der Waals surface area (Å²) in [5.41, 5.74) is 4.53. The van der Waals surface area contributed by atoms with Crippen LogP contribution in [0.3, 0.4) is 0 Å². The van der Waals surface area contributed by atoms with Crippen molar-refractivity contribution in [3.63, 3.8) is 0 Å². The third-order valence-corrected chi connectivity index (χ3v) is 4.65. The molecule has 0 spiro atoms. The van der Waals surface area contributed by atoms with Crippen molar-refractivity contribution in [3.05, 3.63) is 65.2 Å². The molecule has 1 unspecified atom stereocenters. The SMILES string of the molecule is CCC1c2ccccc2CSc2ccccc21. The van der Waals surface area contributed by atoms with Gasteiger partial charge in [-0.2, -0.15) is 0 Å². The Balaban J connectivity index is 2.19. The summed E-state index contributed by atoms with van der Waals surface area (Å²) < 4.78 is 0. The predicted octanol–water partition coefficient (Wildman–Crippen LogP) is 4.83. The number of hydrogen-bond acceptors (Lipinski definition) is 1. The second-order valence-electron chi connectivity index (χ2n) is 4.49. The highest BCUT2D eigenvalue weighted by Gasteiger charge is 2.21. The lowest BCUT2D eigenvalue weighted by Crippen LogP contribution is -2.01. The molecule has 1 heterocycles. The molecule has 0 aliphatic carbocycles. The van der Waals surface area contributed by atoms with Crippen molar-refractivity contribution in [3.8, 4) is 0 Å². The van der Waals surface area contributed by atoms with Gasteiger partial charge in [-0.05, 0) is 29.2 Å². The maximum atomic E-state index is 2.30. The zero-order chi connectivity index (χ0) is 11.7. The summed E-state index contributed by atoms with van der Waals surface area (Å²) in [7, 11) is 0. The zero-order valence-corrected chi connectivity index (χ0v) is 10.8. The molecule has 17 heavy (non-hydrogen) atoms. The van der Waals surface area contributed by atoms with Gasteiger partial charge in [0, 0.05) is 16.6 Å². The van der Waals surface area contributed by atoms with Gasteiger partial charge in [-0.1, -0.05) is 49.4 Å². The molecule has 1 heteroatoms. The molecular formula is C16H16S. The highest BCUT2D eigenvalue weighted by atomic mass is 32.2. The first-order chi connectivity index (χ1) is 8.40. The van der Waals surface area contributed by atoms with Gasteiger partial charge >= 0.3 is 0 Å². The number of benzene rings is 2. The molecule has 2 aromatic rings. The number of hydrogen-bond donors (Lipinski definition) is 0.